The Morgan fingerprint density at radius 1 is 1.05 bits per heavy atom. The van der Waals surface area contributed by atoms with Gasteiger partial charge in [0.05, 0.1) is 15.5 Å². The first-order chi connectivity index (χ1) is 9.63. The first-order valence-electron chi connectivity index (χ1n) is 6.00. The minimum atomic E-state index is -0.335. The molecule has 0 aliphatic heterocycles. The molecule has 3 nitrogen and oxygen atoms in total. The van der Waals surface area contributed by atoms with Crippen LogP contribution in [-0.2, 0) is 0 Å². The maximum Gasteiger partial charge on any atom is 0.241 e. The van der Waals surface area contributed by atoms with Crippen LogP contribution >= 0.6 is 15.9 Å². The summed E-state index contributed by atoms with van der Waals surface area (Å²) < 4.78 is 19.2. The van der Waals surface area contributed by atoms with Crippen LogP contribution in [0.15, 0.2) is 46.9 Å². The summed E-state index contributed by atoms with van der Waals surface area (Å²) in [5.41, 5.74) is 2.26. The quantitative estimate of drug-likeness (QED) is 0.686. The van der Waals surface area contributed by atoms with Gasteiger partial charge in [-0.25, -0.2) is 14.4 Å². The molecule has 0 N–H and O–H groups in total. The Kier molecular flexibility index (Phi) is 3.36. The zero-order valence-corrected chi connectivity index (χ0v) is 12.2. The fourth-order valence-electron chi connectivity index (χ4n) is 1.82. The van der Waals surface area contributed by atoms with Gasteiger partial charge in [0.25, 0.3) is 0 Å². The molecule has 0 atom stereocenters. The van der Waals surface area contributed by atoms with Crippen molar-refractivity contribution in [3.8, 4) is 11.6 Å². The number of ether oxygens (including phenoxy) is 1. The zero-order chi connectivity index (χ0) is 14.1. The fourth-order valence-corrected chi connectivity index (χ4v) is 2.18. The molecule has 1 heterocycles. The van der Waals surface area contributed by atoms with Gasteiger partial charge in [-0.05, 0) is 53.2 Å². The highest BCUT2D eigenvalue weighted by Crippen LogP contribution is 2.27. The molecule has 0 saturated carbocycles. The topological polar surface area (TPSA) is 35.0 Å². The summed E-state index contributed by atoms with van der Waals surface area (Å²) >= 11 is 3.13. The lowest BCUT2D eigenvalue weighted by atomic mass is 10.3. The molecule has 5 heteroatoms. The molecule has 3 aromatic rings. The maximum atomic E-state index is 13.2. The highest BCUT2D eigenvalue weighted by molar-refractivity contribution is 9.10. The highest BCUT2D eigenvalue weighted by atomic mass is 79.9. The van der Waals surface area contributed by atoms with Gasteiger partial charge >= 0.3 is 0 Å². The van der Waals surface area contributed by atoms with Gasteiger partial charge in [-0.1, -0.05) is 12.1 Å². The van der Waals surface area contributed by atoms with Crippen molar-refractivity contribution in [2.75, 3.05) is 0 Å². The molecule has 0 spiro atoms. The molecule has 0 aliphatic carbocycles. The number of nitrogens with zero attached hydrogens (tertiary/aromatic N) is 2. The monoisotopic (exact) mass is 332 g/mol. The second kappa shape index (κ2) is 5.17. The first-order valence-corrected chi connectivity index (χ1v) is 6.79. The molecule has 20 heavy (non-hydrogen) atoms. The molecule has 0 unspecified atom stereocenters. The Labute approximate surface area is 123 Å². The summed E-state index contributed by atoms with van der Waals surface area (Å²) in [5, 5.41) is 0. The Morgan fingerprint density at radius 3 is 2.45 bits per heavy atom. The number of hydrogen-bond acceptors (Lipinski definition) is 3. The second-order valence-electron chi connectivity index (χ2n) is 4.28. The Morgan fingerprint density at radius 2 is 1.75 bits per heavy atom. The van der Waals surface area contributed by atoms with E-state index in [9.17, 15) is 4.39 Å². The minimum Gasteiger partial charge on any atom is -0.437 e. The van der Waals surface area contributed by atoms with E-state index in [4.69, 9.17) is 4.74 Å². The summed E-state index contributed by atoms with van der Waals surface area (Å²) in [6.45, 7) is 1.83. The third kappa shape index (κ3) is 2.49. The molecule has 0 amide bonds. The number of aryl methyl sites for hydroxylation is 1. The van der Waals surface area contributed by atoms with Gasteiger partial charge in [0.2, 0.25) is 5.88 Å². The Hall–Kier alpha value is -2.01. The number of aromatic nitrogens is 2. The third-order valence-corrected chi connectivity index (χ3v) is 3.41. The van der Waals surface area contributed by atoms with Crippen molar-refractivity contribution in [1.82, 2.24) is 9.97 Å². The molecule has 3 rings (SSSR count). The number of fused-ring (bicyclic) bond motifs is 1. The first kappa shape index (κ1) is 13.0. The molecule has 0 aliphatic rings. The average Bonchev–Trinajstić information content (AvgIpc) is 2.44. The number of rotatable bonds is 2. The predicted octanol–water partition coefficient (Wildman–Crippen LogP) is 4.63. The van der Waals surface area contributed by atoms with Gasteiger partial charge in [-0.15, -0.1) is 0 Å². The average molecular weight is 333 g/mol. The molecular weight excluding hydrogens is 323 g/mol. The van der Waals surface area contributed by atoms with Gasteiger partial charge < -0.3 is 4.74 Å². The lowest BCUT2D eigenvalue weighted by Gasteiger charge is -2.08. The molecule has 0 fully saturated rings. The summed E-state index contributed by atoms with van der Waals surface area (Å²) in [6.07, 6.45) is 0. The van der Waals surface area contributed by atoms with Crippen molar-refractivity contribution in [3.63, 3.8) is 0 Å². The van der Waals surface area contributed by atoms with E-state index in [0.29, 0.717) is 21.8 Å². The van der Waals surface area contributed by atoms with Crippen molar-refractivity contribution in [2.45, 2.75) is 6.92 Å². The van der Waals surface area contributed by atoms with Crippen molar-refractivity contribution >= 4 is 27.0 Å². The smallest absolute Gasteiger partial charge is 0.241 e. The van der Waals surface area contributed by atoms with E-state index in [0.717, 1.165) is 11.0 Å². The Balaban J connectivity index is 2.01. The van der Waals surface area contributed by atoms with Gasteiger partial charge in [0, 0.05) is 0 Å². The van der Waals surface area contributed by atoms with E-state index in [1.54, 1.807) is 12.1 Å². The van der Waals surface area contributed by atoms with Gasteiger partial charge in [-0.3, -0.25) is 0 Å². The van der Waals surface area contributed by atoms with E-state index in [2.05, 4.69) is 25.9 Å². The molecule has 100 valence electrons. The standard InChI is InChI=1S/C15H10BrFN2O/c1-9-15(19-14-5-3-2-4-13(14)18-9)20-10-6-7-12(17)11(16)8-10/h2-8H,1H3. The summed E-state index contributed by atoms with van der Waals surface area (Å²) in [4.78, 5) is 8.87. The van der Waals surface area contributed by atoms with Crippen molar-refractivity contribution in [1.29, 1.82) is 0 Å². The third-order valence-electron chi connectivity index (χ3n) is 2.81. The van der Waals surface area contributed by atoms with Crippen LogP contribution < -0.4 is 4.74 Å². The molecule has 1 aromatic heterocycles. The highest BCUT2D eigenvalue weighted by Gasteiger charge is 2.08. The van der Waals surface area contributed by atoms with Crippen LogP contribution in [0.5, 0.6) is 11.6 Å². The maximum absolute atomic E-state index is 13.2. The van der Waals surface area contributed by atoms with Crippen LogP contribution in [0, 0.1) is 12.7 Å². The Bertz CT molecular complexity index is 792. The molecule has 0 saturated heterocycles. The van der Waals surface area contributed by atoms with Crippen LogP contribution in [0.25, 0.3) is 11.0 Å². The van der Waals surface area contributed by atoms with E-state index >= 15 is 0 Å². The SMILES string of the molecule is Cc1nc2ccccc2nc1Oc1ccc(F)c(Br)c1. The van der Waals surface area contributed by atoms with Gasteiger partial charge in [0.1, 0.15) is 17.3 Å². The van der Waals surface area contributed by atoms with Gasteiger partial charge in [-0.2, -0.15) is 0 Å². The number of hydrogen-bond donors (Lipinski definition) is 0. The normalized spacial score (nSPS) is 10.8. The largest absolute Gasteiger partial charge is 0.437 e. The van der Waals surface area contributed by atoms with Crippen LogP contribution in [-0.4, -0.2) is 9.97 Å². The molecule has 0 bridgehead atoms. The van der Waals surface area contributed by atoms with Gasteiger partial charge in [0.15, 0.2) is 0 Å². The predicted molar refractivity (Wildman–Crippen MR) is 78.4 cm³/mol. The van der Waals surface area contributed by atoms with Crippen molar-refractivity contribution in [3.05, 3.63) is 58.4 Å². The number of benzene rings is 2. The minimum absolute atomic E-state index is 0.335. The second-order valence-corrected chi connectivity index (χ2v) is 5.14. The van der Waals surface area contributed by atoms with E-state index in [-0.39, 0.29) is 5.82 Å². The van der Waals surface area contributed by atoms with E-state index in [1.807, 2.05) is 31.2 Å². The summed E-state index contributed by atoms with van der Waals surface area (Å²) in [5.74, 6) is 0.590. The lowest BCUT2D eigenvalue weighted by molar-refractivity contribution is 0.456. The van der Waals surface area contributed by atoms with Crippen molar-refractivity contribution < 1.29 is 9.13 Å². The molecule has 2 aromatic carbocycles. The summed E-state index contributed by atoms with van der Waals surface area (Å²) in [6, 6.07) is 12.0. The van der Waals surface area contributed by atoms with E-state index in [1.165, 1.54) is 6.07 Å². The van der Waals surface area contributed by atoms with Crippen LogP contribution in [0.3, 0.4) is 0 Å². The van der Waals surface area contributed by atoms with Crippen LogP contribution in [0.2, 0.25) is 0 Å². The van der Waals surface area contributed by atoms with E-state index < -0.39 is 0 Å². The number of halogens is 2. The van der Waals surface area contributed by atoms with Crippen LogP contribution in [0.1, 0.15) is 5.69 Å². The number of para-hydroxylation sites is 2. The van der Waals surface area contributed by atoms with Crippen molar-refractivity contribution in [2.24, 2.45) is 0 Å². The molecular formula is C15H10BrFN2O. The summed E-state index contributed by atoms with van der Waals surface area (Å²) in [7, 11) is 0. The lowest BCUT2D eigenvalue weighted by Crippen LogP contribution is -1.95. The zero-order valence-electron chi connectivity index (χ0n) is 10.6. The molecule has 0 radical (unpaired) electrons. The van der Waals surface area contributed by atoms with Crippen LogP contribution in [0.4, 0.5) is 4.39 Å². The fraction of sp³-hybridized carbons (Fsp3) is 0.0667.